The molecule has 3 aromatic rings. The number of nitrogens with one attached hydrogen (secondary N) is 1. The van der Waals surface area contributed by atoms with E-state index in [1.165, 1.54) is 0 Å². The van der Waals surface area contributed by atoms with E-state index in [0.29, 0.717) is 22.8 Å². The lowest BCUT2D eigenvalue weighted by Gasteiger charge is -2.17. The first-order valence-electron chi connectivity index (χ1n) is 9.94. The van der Waals surface area contributed by atoms with Crippen LogP contribution in [0.3, 0.4) is 0 Å². The minimum absolute atomic E-state index is 0.0565. The van der Waals surface area contributed by atoms with Gasteiger partial charge in [-0.05, 0) is 55.3 Å². The SMILES string of the molecule is CN(Cc1nc2cc(C(=O)N3CCCC3)ccc2n1C)C(=O)Nc1ccc(Cl)cc1. The summed E-state index contributed by atoms with van der Waals surface area (Å²) in [5.74, 6) is 0.797. The molecule has 8 heteroatoms. The van der Waals surface area contributed by atoms with E-state index in [0.717, 1.165) is 42.8 Å². The predicted octanol–water partition coefficient (Wildman–Crippen LogP) is 4.13. The van der Waals surface area contributed by atoms with Crippen molar-refractivity contribution in [2.24, 2.45) is 7.05 Å². The van der Waals surface area contributed by atoms with Crippen molar-refractivity contribution in [2.45, 2.75) is 19.4 Å². The van der Waals surface area contributed by atoms with Gasteiger partial charge in [0.05, 0.1) is 17.6 Å². The Morgan fingerprint density at radius 1 is 1.13 bits per heavy atom. The van der Waals surface area contributed by atoms with E-state index in [-0.39, 0.29) is 11.9 Å². The number of aromatic nitrogens is 2. The summed E-state index contributed by atoms with van der Waals surface area (Å²) in [6, 6.07) is 12.3. The van der Waals surface area contributed by atoms with Gasteiger partial charge in [0, 0.05) is 43.5 Å². The molecule has 1 aliphatic rings. The highest BCUT2D eigenvalue weighted by Gasteiger charge is 2.21. The van der Waals surface area contributed by atoms with E-state index in [1.807, 2.05) is 34.7 Å². The van der Waals surface area contributed by atoms with Gasteiger partial charge in [-0.2, -0.15) is 0 Å². The number of carbonyl (C=O) groups is 2. The molecule has 1 saturated heterocycles. The molecule has 3 amide bonds. The van der Waals surface area contributed by atoms with Gasteiger partial charge >= 0.3 is 6.03 Å². The molecular weight excluding hydrogens is 402 g/mol. The lowest BCUT2D eigenvalue weighted by atomic mass is 10.2. The zero-order chi connectivity index (χ0) is 21.3. The Bertz CT molecular complexity index is 1090. The van der Waals surface area contributed by atoms with Crippen LogP contribution in [-0.2, 0) is 13.6 Å². The minimum atomic E-state index is -0.241. The number of likely N-dealkylation sites (tertiary alicyclic amines) is 1. The summed E-state index contributed by atoms with van der Waals surface area (Å²) in [5.41, 5.74) is 3.01. The monoisotopic (exact) mass is 425 g/mol. The van der Waals surface area contributed by atoms with Crippen molar-refractivity contribution in [3.63, 3.8) is 0 Å². The number of hydrogen-bond acceptors (Lipinski definition) is 3. The molecular formula is C22H24ClN5O2. The summed E-state index contributed by atoms with van der Waals surface area (Å²) in [6.45, 7) is 1.97. The summed E-state index contributed by atoms with van der Waals surface area (Å²) in [4.78, 5) is 33.3. The quantitative estimate of drug-likeness (QED) is 0.683. The molecule has 0 radical (unpaired) electrons. The van der Waals surface area contributed by atoms with Crippen LogP contribution >= 0.6 is 11.6 Å². The lowest BCUT2D eigenvalue weighted by Crippen LogP contribution is -2.31. The summed E-state index contributed by atoms with van der Waals surface area (Å²) >= 11 is 5.88. The summed E-state index contributed by atoms with van der Waals surface area (Å²) in [7, 11) is 3.63. The van der Waals surface area contributed by atoms with Crippen LogP contribution in [0.5, 0.6) is 0 Å². The third-order valence-corrected chi connectivity index (χ3v) is 5.69. The van der Waals surface area contributed by atoms with Crippen molar-refractivity contribution >= 4 is 40.3 Å². The number of amides is 3. The van der Waals surface area contributed by atoms with Crippen molar-refractivity contribution in [2.75, 3.05) is 25.5 Å². The number of benzene rings is 2. The van der Waals surface area contributed by atoms with Crippen LogP contribution in [0.2, 0.25) is 5.02 Å². The highest BCUT2D eigenvalue weighted by atomic mass is 35.5. The van der Waals surface area contributed by atoms with Crippen LogP contribution in [0.1, 0.15) is 29.0 Å². The van der Waals surface area contributed by atoms with Gasteiger partial charge < -0.3 is 19.7 Å². The Morgan fingerprint density at radius 2 is 1.83 bits per heavy atom. The molecule has 30 heavy (non-hydrogen) atoms. The second-order valence-corrected chi connectivity index (χ2v) is 8.02. The topological polar surface area (TPSA) is 70.5 Å². The fraction of sp³-hybridized carbons (Fsp3) is 0.318. The fourth-order valence-electron chi connectivity index (χ4n) is 3.66. The molecule has 0 aliphatic carbocycles. The fourth-order valence-corrected chi connectivity index (χ4v) is 3.79. The Balaban J connectivity index is 1.49. The van der Waals surface area contributed by atoms with E-state index in [4.69, 9.17) is 11.6 Å². The number of imidazole rings is 1. The molecule has 7 nitrogen and oxygen atoms in total. The van der Waals surface area contributed by atoms with Gasteiger partial charge in [-0.3, -0.25) is 4.79 Å². The van der Waals surface area contributed by atoms with Crippen molar-refractivity contribution in [1.29, 1.82) is 0 Å². The number of aryl methyl sites for hydroxylation is 1. The first-order chi connectivity index (χ1) is 14.4. The molecule has 0 unspecified atom stereocenters. The summed E-state index contributed by atoms with van der Waals surface area (Å²) in [5, 5.41) is 3.45. The van der Waals surface area contributed by atoms with Gasteiger partial charge in [-0.25, -0.2) is 9.78 Å². The normalized spacial score (nSPS) is 13.6. The maximum absolute atomic E-state index is 12.7. The maximum Gasteiger partial charge on any atom is 0.321 e. The van der Waals surface area contributed by atoms with Crippen LogP contribution < -0.4 is 5.32 Å². The van der Waals surface area contributed by atoms with E-state index in [2.05, 4.69) is 10.3 Å². The van der Waals surface area contributed by atoms with Gasteiger partial charge in [0.2, 0.25) is 0 Å². The highest BCUT2D eigenvalue weighted by Crippen LogP contribution is 2.21. The van der Waals surface area contributed by atoms with Gasteiger partial charge in [0.25, 0.3) is 5.91 Å². The molecule has 1 aromatic heterocycles. The molecule has 1 N–H and O–H groups in total. The van der Waals surface area contributed by atoms with Gasteiger partial charge in [0.1, 0.15) is 5.82 Å². The first kappa shape index (κ1) is 20.2. The first-order valence-corrected chi connectivity index (χ1v) is 10.3. The summed E-state index contributed by atoms with van der Waals surface area (Å²) in [6.07, 6.45) is 2.12. The second kappa shape index (κ2) is 8.36. The second-order valence-electron chi connectivity index (χ2n) is 7.58. The number of urea groups is 1. The van der Waals surface area contributed by atoms with Crippen LogP contribution in [0, 0.1) is 0 Å². The molecule has 1 aliphatic heterocycles. The smallest absolute Gasteiger partial charge is 0.321 e. The van der Waals surface area contributed by atoms with E-state index < -0.39 is 0 Å². The van der Waals surface area contributed by atoms with Crippen molar-refractivity contribution in [1.82, 2.24) is 19.4 Å². The maximum atomic E-state index is 12.7. The average molecular weight is 426 g/mol. The molecule has 2 aromatic carbocycles. The van der Waals surface area contributed by atoms with Crippen molar-refractivity contribution in [3.05, 3.63) is 58.9 Å². The third-order valence-electron chi connectivity index (χ3n) is 5.43. The number of hydrogen-bond donors (Lipinski definition) is 1. The number of rotatable bonds is 4. The lowest BCUT2D eigenvalue weighted by molar-refractivity contribution is 0.0793. The zero-order valence-electron chi connectivity index (χ0n) is 17.1. The van der Waals surface area contributed by atoms with Crippen molar-refractivity contribution in [3.8, 4) is 0 Å². The Kier molecular flexibility index (Phi) is 5.63. The van der Waals surface area contributed by atoms with Crippen LogP contribution in [0.15, 0.2) is 42.5 Å². The predicted molar refractivity (Wildman–Crippen MR) is 118 cm³/mol. The Hall–Kier alpha value is -3.06. The van der Waals surface area contributed by atoms with E-state index >= 15 is 0 Å². The van der Waals surface area contributed by atoms with Crippen LogP contribution in [0.4, 0.5) is 10.5 Å². The summed E-state index contributed by atoms with van der Waals surface area (Å²) < 4.78 is 1.95. The molecule has 4 rings (SSSR count). The van der Waals surface area contributed by atoms with E-state index in [1.54, 1.807) is 36.2 Å². The molecule has 0 bridgehead atoms. The standard InChI is InChI=1S/C22H24ClN5O2/c1-26(22(30)24-17-8-6-16(23)7-9-17)14-20-25-18-13-15(5-10-19(18)27(20)2)21(29)28-11-3-4-12-28/h5-10,13H,3-4,11-12,14H2,1-2H3,(H,24,30). The molecule has 1 fully saturated rings. The molecule has 2 heterocycles. The average Bonchev–Trinajstić information content (AvgIpc) is 3.38. The van der Waals surface area contributed by atoms with Gasteiger partial charge in [-0.15, -0.1) is 0 Å². The molecule has 0 saturated carbocycles. The minimum Gasteiger partial charge on any atom is -0.339 e. The molecule has 0 atom stereocenters. The Morgan fingerprint density at radius 3 is 2.53 bits per heavy atom. The number of nitrogens with zero attached hydrogens (tertiary/aromatic N) is 4. The molecule has 156 valence electrons. The van der Waals surface area contributed by atoms with E-state index in [9.17, 15) is 9.59 Å². The van der Waals surface area contributed by atoms with Crippen LogP contribution in [0.25, 0.3) is 11.0 Å². The van der Waals surface area contributed by atoms with Gasteiger partial charge in [0.15, 0.2) is 0 Å². The van der Waals surface area contributed by atoms with Crippen LogP contribution in [-0.4, -0.2) is 51.4 Å². The number of fused-ring (bicyclic) bond motifs is 1. The Labute approximate surface area is 180 Å². The number of carbonyl (C=O) groups excluding carboxylic acids is 2. The number of anilines is 1. The zero-order valence-corrected chi connectivity index (χ0v) is 17.8. The highest BCUT2D eigenvalue weighted by molar-refractivity contribution is 6.30. The van der Waals surface area contributed by atoms with Crippen molar-refractivity contribution < 1.29 is 9.59 Å². The third kappa shape index (κ3) is 4.11. The molecule has 0 spiro atoms. The number of halogens is 1. The largest absolute Gasteiger partial charge is 0.339 e. The van der Waals surface area contributed by atoms with Gasteiger partial charge in [-0.1, -0.05) is 11.6 Å².